The highest BCUT2D eigenvalue weighted by Gasteiger charge is 2.24. The lowest BCUT2D eigenvalue weighted by atomic mass is 9.95. The Balaban J connectivity index is 1.56. The predicted octanol–water partition coefficient (Wildman–Crippen LogP) is 4.93. The van der Waals surface area contributed by atoms with Gasteiger partial charge in [0.25, 0.3) is 0 Å². The van der Waals surface area contributed by atoms with Crippen LogP contribution in [0.2, 0.25) is 0 Å². The molecule has 0 radical (unpaired) electrons. The molecular weight excluding hydrogens is 388 g/mol. The van der Waals surface area contributed by atoms with Crippen LogP contribution < -0.4 is 5.32 Å². The van der Waals surface area contributed by atoms with Gasteiger partial charge in [-0.2, -0.15) is 0 Å². The Morgan fingerprint density at radius 2 is 1.93 bits per heavy atom. The summed E-state index contributed by atoms with van der Waals surface area (Å²) in [5.74, 6) is 0.890. The zero-order chi connectivity index (χ0) is 19.3. The molecule has 0 bridgehead atoms. The topological polar surface area (TPSA) is 59.8 Å². The molecule has 1 fully saturated rings. The van der Waals surface area contributed by atoms with Crippen molar-refractivity contribution in [2.75, 3.05) is 0 Å². The summed E-state index contributed by atoms with van der Waals surface area (Å²) in [6, 6.07) is 14.4. The smallest absolute Gasteiger partial charge is 0.233 e. The summed E-state index contributed by atoms with van der Waals surface area (Å²) in [7, 11) is 0. The van der Waals surface area contributed by atoms with Crippen LogP contribution in [0.1, 0.15) is 39.0 Å². The van der Waals surface area contributed by atoms with Crippen LogP contribution in [0.5, 0.6) is 0 Å². The molecule has 0 spiro atoms. The van der Waals surface area contributed by atoms with Gasteiger partial charge in [0, 0.05) is 11.7 Å². The van der Waals surface area contributed by atoms with Crippen LogP contribution in [-0.2, 0) is 4.79 Å². The molecule has 4 rings (SSSR count). The van der Waals surface area contributed by atoms with Crippen molar-refractivity contribution in [1.82, 2.24) is 20.1 Å². The first kappa shape index (κ1) is 19.2. The Hall–Kier alpha value is -2.12. The van der Waals surface area contributed by atoms with Gasteiger partial charge in [-0.3, -0.25) is 9.36 Å². The number of nitrogens with zero attached hydrogens (tertiary/aromatic N) is 3. The van der Waals surface area contributed by atoms with E-state index in [1.54, 1.807) is 11.3 Å². The second-order valence-corrected chi connectivity index (χ2v) is 9.31. The lowest BCUT2D eigenvalue weighted by Gasteiger charge is -2.24. The van der Waals surface area contributed by atoms with E-state index < -0.39 is 0 Å². The van der Waals surface area contributed by atoms with Crippen molar-refractivity contribution in [1.29, 1.82) is 0 Å². The number of para-hydroxylation sites is 1. The van der Waals surface area contributed by atoms with Crippen LogP contribution >= 0.6 is 23.1 Å². The number of hydrogen-bond acceptors (Lipinski definition) is 5. The van der Waals surface area contributed by atoms with E-state index in [9.17, 15) is 4.79 Å². The first-order valence-electron chi connectivity index (χ1n) is 9.74. The highest BCUT2D eigenvalue weighted by atomic mass is 32.2. The van der Waals surface area contributed by atoms with Crippen molar-refractivity contribution in [3.8, 4) is 16.4 Å². The third kappa shape index (κ3) is 4.31. The summed E-state index contributed by atoms with van der Waals surface area (Å²) >= 11 is 3.10. The molecule has 3 aromatic rings. The number of amides is 1. The standard InChI is InChI=1S/C21H24N4OS2/c1-15(20(26)22-16-9-4-2-5-10-16)28-21-24-23-19(18-13-8-14-27-18)25(21)17-11-6-3-7-12-17/h3,6-8,11-16H,2,4-5,9-10H2,1H3,(H,22,26)/t15-/m0/s1. The number of carbonyl (C=O) groups is 1. The van der Waals surface area contributed by atoms with Gasteiger partial charge in [-0.1, -0.05) is 55.3 Å². The maximum atomic E-state index is 12.7. The number of rotatable bonds is 6. The highest BCUT2D eigenvalue weighted by molar-refractivity contribution is 8.00. The second-order valence-electron chi connectivity index (χ2n) is 7.06. The van der Waals surface area contributed by atoms with Gasteiger partial charge < -0.3 is 5.32 Å². The number of carbonyl (C=O) groups excluding carboxylic acids is 1. The summed E-state index contributed by atoms with van der Waals surface area (Å²) in [6.07, 6.45) is 5.87. The van der Waals surface area contributed by atoms with Crippen LogP contribution in [0.3, 0.4) is 0 Å². The molecule has 0 aliphatic heterocycles. The average Bonchev–Trinajstić information content (AvgIpc) is 3.39. The Morgan fingerprint density at radius 3 is 2.64 bits per heavy atom. The summed E-state index contributed by atoms with van der Waals surface area (Å²) in [5, 5.41) is 14.6. The van der Waals surface area contributed by atoms with Crippen LogP contribution in [-0.4, -0.2) is 32.0 Å². The third-order valence-electron chi connectivity index (χ3n) is 4.99. The van der Waals surface area contributed by atoms with E-state index in [-0.39, 0.29) is 11.2 Å². The molecule has 7 heteroatoms. The molecule has 28 heavy (non-hydrogen) atoms. The number of thioether (sulfide) groups is 1. The van der Waals surface area contributed by atoms with Gasteiger partial charge >= 0.3 is 0 Å². The van der Waals surface area contributed by atoms with Gasteiger partial charge in [0.15, 0.2) is 11.0 Å². The number of aromatic nitrogens is 3. The summed E-state index contributed by atoms with van der Waals surface area (Å²) in [6.45, 7) is 1.94. The fourth-order valence-electron chi connectivity index (χ4n) is 3.50. The Morgan fingerprint density at radius 1 is 1.14 bits per heavy atom. The Kier molecular flexibility index (Phi) is 6.12. The summed E-state index contributed by atoms with van der Waals surface area (Å²) in [4.78, 5) is 13.8. The van der Waals surface area contributed by atoms with Gasteiger partial charge in [-0.15, -0.1) is 21.5 Å². The van der Waals surface area contributed by atoms with E-state index in [2.05, 4.69) is 15.5 Å². The zero-order valence-corrected chi connectivity index (χ0v) is 17.5. The zero-order valence-electron chi connectivity index (χ0n) is 15.9. The lowest BCUT2D eigenvalue weighted by Crippen LogP contribution is -2.40. The monoisotopic (exact) mass is 412 g/mol. The van der Waals surface area contributed by atoms with E-state index in [1.165, 1.54) is 31.0 Å². The molecule has 1 aromatic carbocycles. The van der Waals surface area contributed by atoms with Crippen molar-refractivity contribution in [3.05, 3.63) is 47.8 Å². The van der Waals surface area contributed by atoms with Gasteiger partial charge in [-0.25, -0.2) is 0 Å². The molecule has 1 aliphatic carbocycles. The molecule has 1 amide bonds. The lowest BCUT2D eigenvalue weighted by molar-refractivity contribution is -0.121. The molecule has 2 aromatic heterocycles. The van der Waals surface area contributed by atoms with E-state index in [1.807, 2.05) is 59.3 Å². The minimum atomic E-state index is -0.232. The minimum Gasteiger partial charge on any atom is -0.352 e. The molecular formula is C21H24N4OS2. The van der Waals surface area contributed by atoms with Gasteiger partial charge in [0.2, 0.25) is 5.91 Å². The average molecular weight is 413 g/mol. The van der Waals surface area contributed by atoms with Crippen LogP contribution in [0.15, 0.2) is 53.0 Å². The highest BCUT2D eigenvalue weighted by Crippen LogP contribution is 2.32. The van der Waals surface area contributed by atoms with Crippen molar-refractivity contribution in [2.24, 2.45) is 0 Å². The Labute approximate surface area is 173 Å². The first-order valence-corrected chi connectivity index (χ1v) is 11.5. The fraction of sp³-hybridized carbons (Fsp3) is 0.381. The number of hydrogen-bond donors (Lipinski definition) is 1. The molecule has 5 nitrogen and oxygen atoms in total. The number of benzene rings is 1. The van der Waals surface area contributed by atoms with Gasteiger partial charge in [0.1, 0.15) is 0 Å². The normalized spacial score (nSPS) is 16.0. The molecule has 0 unspecified atom stereocenters. The molecule has 2 heterocycles. The fourth-order valence-corrected chi connectivity index (χ4v) is 5.07. The van der Waals surface area contributed by atoms with Crippen LogP contribution in [0, 0.1) is 0 Å². The maximum Gasteiger partial charge on any atom is 0.233 e. The molecule has 1 saturated carbocycles. The van der Waals surface area contributed by atoms with Gasteiger partial charge in [0.05, 0.1) is 10.1 Å². The van der Waals surface area contributed by atoms with E-state index >= 15 is 0 Å². The number of thiophene rings is 1. The van der Waals surface area contributed by atoms with Crippen LogP contribution in [0.25, 0.3) is 16.4 Å². The Bertz CT molecular complexity index is 902. The van der Waals surface area contributed by atoms with Crippen molar-refractivity contribution < 1.29 is 4.79 Å². The van der Waals surface area contributed by atoms with E-state index in [0.29, 0.717) is 6.04 Å². The predicted molar refractivity (Wildman–Crippen MR) is 115 cm³/mol. The maximum absolute atomic E-state index is 12.7. The SMILES string of the molecule is C[C@H](Sc1nnc(-c2cccs2)n1-c1ccccc1)C(=O)NC1CCCCC1. The molecule has 1 atom stereocenters. The summed E-state index contributed by atoms with van der Waals surface area (Å²) in [5.41, 5.74) is 0.998. The molecule has 1 aliphatic rings. The van der Waals surface area contributed by atoms with Crippen LogP contribution in [0.4, 0.5) is 0 Å². The minimum absolute atomic E-state index is 0.0807. The largest absolute Gasteiger partial charge is 0.352 e. The van der Waals surface area contributed by atoms with Crippen molar-refractivity contribution >= 4 is 29.0 Å². The van der Waals surface area contributed by atoms with E-state index in [4.69, 9.17) is 0 Å². The van der Waals surface area contributed by atoms with Crippen molar-refractivity contribution in [3.63, 3.8) is 0 Å². The summed E-state index contributed by atoms with van der Waals surface area (Å²) < 4.78 is 2.04. The quantitative estimate of drug-likeness (QED) is 0.584. The first-order chi connectivity index (χ1) is 13.7. The number of nitrogens with one attached hydrogen (secondary N) is 1. The second kappa shape index (κ2) is 8.92. The van der Waals surface area contributed by atoms with Crippen molar-refractivity contribution in [2.45, 2.75) is 55.5 Å². The van der Waals surface area contributed by atoms with Gasteiger partial charge in [-0.05, 0) is 43.3 Å². The molecule has 146 valence electrons. The molecule has 1 N–H and O–H groups in total. The van der Waals surface area contributed by atoms with E-state index in [0.717, 1.165) is 34.4 Å². The third-order valence-corrected chi connectivity index (χ3v) is 6.90. The molecule has 0 saturated heterocycles.